The topological polar surface area (TPSA) is 32.6 Å². The first kappa shape index (κ1) is 15.5. The quantitative estimate of drug-likeness (QED) is 0.792. The van der Waals surface area contributed by atoms with Gasteiger partial charge in [0.15, 0.2) is 0 Å². The number of rotatable bonds is 4. The molecule has 1 atom stereocenters. The second kappa shape index (κ2) is 7.39. The SMILES string of the molecule is CCCC(O)(CC)C(C)=NC.[Nd]. The third-order valence-corrected chi connectivity index (χ3v) is 2.26. The Balaban J connectivity index is 0. The van der Waals surface area contributed by atoms with E-state index in [1.165, 1.54) is 0 Å². The van der Waals surface area contributed by atoms with E-state index < -0.39 is 5.60 Å². The van der Waals surface area contributed by atoms with Crippen LogP contribution in [0.5, 0.6) is 0 Å². The minimum atomic E-state index is -0.649. The van der Waals surface area contributed by atoms with Gasteiger partial charge in [0.05, 0.1) is 0 Å². The van der Waals surface area contributed by atoms with Crippen molar-refractivity contribution in [3.05, 3.63) is 0 Å². The van der Waals surface area contributed by atoms with E-state index in [1.807, 2.05) is 13.8 Å². The fourth-order valence-electron chi connectivity index (χ4n) is 1.24. The number of nitrogens with zero attached hydrogens (tertiary/aromatic N) is 1. The summed E-state index contributed by atoms with van der Waals surface area (Å²) >= 11 is 0. The summed E-state index contributed by atoms with van der Waals surface area (Å²) in [5, 5.41) is 9.96. The number of aliphatic imine (C=N–C) groups is 1. The van der Waals surface area contributed by atoms with Crippen LogP contribution in [-0.2, 0) is 0 Å². The van der Waals surface area contributed by atoms with Crippen molar-refractivity contribution in [2.45, 2.75) is 45.6 Å². The molecule has 0 aliphatic rings. The summed E-state index contributed by atoms with van der Waals surface area (Å²) in [5.74, 6) is 0. The average molecular weight is 301 g/mol. The van der Waals surface area contributed by atoms with Crippen molar-refractivity contribution in [2.75, 3.05) is 7.05 Å². The van der Waals surface area contributed by atoms with Crippen molar-refractivity contribution in [1.29, 1.82) is 0 Å². The summed E-state index contributed by atoms with van der Waals surface area (Å²) in [6.45, 7) is 5.95. The van der Waals surface area contributed by atoms with Gasteiger partial charge in [-0.05, 0) is 19.8 Å². The van der Waals surface area contributed by atoms with Crippen molar-refractivity contribution in [1.82, 2.24) is 0 Å². The summed E-state index contributed by atoms with van der Waals surface area (Å²) in [7, 11) is 1.73. The molecule has 0 aromatic carbocycles. The molecule has 1 unspecified atom stereocenters. The van der Waals surface area contributed by atoms with Crippen molar-refractivity contribution >= 4 is 5.71 Å². The summed E-state index contributed by atoms with van der Waals surface area (Å²) in [5.41, 5.74) is 0.200. The van der Waals surface area contributed by atoms with E-state index in [1.54, 1.807) is 7.05 Å². The Kier molecular flexibility index (Phi) is 9.52. The second-order valence-corrected chi connectivity index (χ2v) is 2.94. The van der Waals surface area contributed by atoms with Crippen molar-refractivity contribution in [3.8, 4) is 0 Å². The standard InChI is InChI=1S/C9H19NO.Nd/c1-5-7-9(11,6-2)8(3)10-4;/h11H,5-7H2,1-4H3;. The summed E-state index contributed by atoms with van der Waals surface area (Å²) in [6, 6.07) is 0. The number of hydrogen-bond acceptors (Lipinski definition) is 2. The maximum atomic E-state index is 9.96. The molecule has 2 nitrogen and oxygen atoms in total. The predicted octanol–water partition coefficient (Wildman–Crippen LogP) is 2.02. The molecule has 12 heavy (non-hydrogen) atoms. The van der Waals surface area contributed by atoms with Crippen LogP contribution in [0.25, 0.3) is 0 Å². The predicted molar refractivity (Wildman–Crippen MR) is 49.2 cm³/mol. The van der Waals surface area contributed by atoms with Crippen LogP contribution >= 0.6 is 0 Å². The van der Waals surface area contributed by atoms with Crippen molar-refractivity contribution < 1.29 is 45.9 Å². The molecule has 0 saturated carbocycles. The second-order valence-electron chi connectivity index (χ2n) is 2.94. The van der Waals surface area contributed by atoms with Crippen LogP contribution < -0.4 is 0 Å². The fraction of sp³-hybridized carbons (Fsp3) is 0.889. The molecule has 0 aliphatic carbocycles. The van der Waals surface area contributed by atoms with E-state index in [0.29, 0.717) is 0 Å². The molecule has 3 heteroatoms. The average Bonchev–Trinajstić information content (AvgIpc) is 2.03. The third kappa shape index (κ3) is 4.28. The fourth-order valence-corrected chi connectivity index (χ4v) is 1.24. The van der Waals surface area contributed by atoms with Crippen LogP contribution in [0, 0.1) is 40.8 Å². The van der Waals surface area contributed by atoms with Crippen LogP contribution in [0.3, 0.4) is 0 Å². The maximum Gasteiger partial charge on any atom is 0.102 e. The van der Waals surface area contributed by atoms with Crippen LogP contribution in [0.1, 0.15) is 40.0 Å². The van der Waals surface area contributed by atoms with E-state index in [0.717, 1.165) is 25.0 Å². The first-order valence-electron chi connectivity index (χ1n) is 4.27. The molecule has 0 radical (unpaired) electrons. The molecule has 0 saturated heterocycles. The number of aliphatic hydroxyl groups is 1. The first-order chi connectivity index (χ1) is 5.10. The molecule has 0 fully saturated rings. The number of hydrogen-bond donors (Lipinski definition) is 1. The monoisotopic (exact) mass is 299 g/mol. The molecule has 1 N–H and O–H groups in total. The van der Waals surface area contributed by atoms with Gasteiger partial charge >= 0.3 is 0 Å². The van der Waals surface area contributed by atoms with E-state index in [4.69, 9.17) is 0 Å². The molecule has 0 rings (SSSR count). The first-order valence-corrected chi connectivity index (χ1v) is 4.27. The van der Waals surface area contributed by atoms with Gasteiger partial charge in [0.1, 0.15) is 5.60 Å². The third-order valence-electron chi connectivity index (χ3n) is 2.26. The molecule has 0 heterocycles. The van der Waals surface area contributed by atoms with Crippen LogP contribution in [-0.4, -0.2) is 23.5 Å². The van der Waals surface area contributed by atoms with Crippen LogP contribution in [0.2, 0.25) is 0 Å². The summed E-state index contributed by atoms with van der Waals surface area (Å²) in [6.07, 6.45) is 2.56. The van der Waals surface area contributed by atoms with Gasteiger partial charge in [0.2, 0.25) is 0 Å². The molecule has 0 aliphatic heterocycles. The Labute approximate surface area is 108 Å². The van der Waals surface area contributed by atoms with Crippen molar-refractivity contribution in [3.63, 3.8) is 0 Å². The zero-order valence-electron chi connectivity index (χ0n) is 8.52. The van der Waals surface area contributed by atoms with E-state index in [-0.39, 0.29) is 40.8 Å². The van der Waals surface area contributed by atoms with Gasteiger partial charge in [0, 0.05) is 53.6 Å². The zero-order chi connectivity index (χ0) is 8.91. The van der Waals surface area contributed by atoms with Crippen LogP contribution in [0.4, 0.5) is 0 Å². The summed E-state index contributed by atoms with van der Waals surface area (Å²) < 4.78 is 0. The molecule has 0 amide bonds. The molecule has 0 aromatic rings. The van der Waals surface area contributed by atoms with Gasteiger partial charge in [0.25, 0.3) is 0 Å². The van der Waals surface area contributed by atoms with E-state index >= 15 is 0 Å². The van der Waals surface area contributed by atoms with E-state index in [2.05, 4.69) is 11.9 Å². The smallest absolute Gasteiger partial charge is 0.102 e. The normalized spacial score (nSPS) is 16.6. The summed E-state index contributed by atoms with van der Waals surface area (Å²) in [4.78, 5) is 4.02. The Morgan fingerprint density at radius 2 is 1.92 bits per heavy atom. The van der Waals surface area contributed by atoms with Crippen LogP contribution in [0.15, 0.2) is 4.99 Å². The molecular formula is C9H19NNdO. The van der Waals surface area contributed by atoms with Gasteiger partial charge in [-0.2, -0.15) is 0 Å². The molecule has 0 spiro atoms. The Morgan fingerprint density at radius 3 is 2.17 bits per heavy atom. The minimum absolute atomic E-state index is 0. The van der Waals surface area contributed by atoms with Crippen molar-refractivity contribution in [2.24, 2.45) is 4.99 Å². The Hall–Kier alpha value is 0.981. The minimum Gasteiger partial charge on any atom is -0.384 e. The molecular weight excluding hydrogens is 282 g/mol. The van der Waals surface area contributed by atoms with E-state index in [9.17, 15) is 5.11 Å². The van der Waals surface area contributed by atoms with Gasteiger partial charge in [-0.1, -0.05) is 20.3 Å². The molecule has 0 aromatic heterocycles. The van der Waals surface area contributed by atoms with Gasteiger partial charge in [-0.3, -0.25) is 4.99 Å². The Morgan fingerprint density at radius 1 is 1.42 bits per heavy atom. The Bertz CT molecular complexity index is 147. The molecule has 0 bridgehead atoms. The largest absolute Gasteiger partial charge is 0.384 e. The van der Waals surface area contributed by atoms with Gasteiger partial charge in [-0.25, -0.2) is 0 Å². The van der Waals surface area contributed by atoms with Gasteiger partial charge < -0.3 is 5.11 Å². The maximum absolute atomic E-state index is 9.96. The zero-order valence-corrected chi connectivity index (χ0v) is 11.7. The molecule has 70 valence electrons. The van der Waals surface area contributed by atoms with Gasteiger partial charge in [-0.15, -0.1) is 0 Å².